The topological polar surface area (TPSA) is 161 Å². The molecule has 2 heterocycles. The van der Waals surface area contributed by atoms with Gasteiger partial charge in [0.25, 0.3) is 15.7 Å². The first-order valence-corrected chi connectivity index (χ1v) is 7.55. The van der Waals surface area contributed by atoms with Gasteiger partial charge in [0.05, 0.1) is 12.9 Å². The van der Waals surface area contributed by atoms with Crippen LogP contribution in [0.3, 0.4) is 0 Å². The first kappa shape index (κ1) is 15.8. The number of nitrogens with zero attached hydrogens (tertiary/aromatic N) is 2. The number of aromatic amines is 1. The molecular formula is C9H13N3O8S. The Bertz CT molecular complexity index is 725. The summed E-state index contributed by atoms with van der Waals surface area (Å²) >= 11 is 0. The lowest BCUT2D eigenvalue weighted by atomic mass is 10.1. The van der Waals surface area contributed by atoms with E-state index in [0.717, 1.165) is 12.5 Å². The van der Waals surface area contributed by atoms with Crippen molar-refractivity contribution in [3.63, 3.8) is 0 Å². The van der Waals surface area contributed by atoms with E-state index >= 15 is 0 Å². The van der Waals surface area contributed by atoms with Crippen molar-refractivity contribution in [2.45, 2.75) is 24.5 Å². The molecule has 1 saturated heterocycles. The van der Waals surface area contributed by atoms with Crippen molar-refractivity contribution in [2.24, 2.45) is 0 Å². The second-order valence-electron chi connectivity index (χ2n) is 4.42. The number of rotatable bonds is 4. The van der Waals surface area contributed by atoms with Gasteiger partial charge in [-0.2, -0.15) is 18.2 Å². The zero-order chi connectivity index (χ0) is 15.8. The molecule has 0 radical (unpaired) electrons. The van der Waals surface area contributed by atoms with E-state index in [2.05, 4.69) is 9.28 Å². The molecule has 0 aliphatic carbocycles. The molecule has 1 aromatic heterocycles. The minimum absolute atomic E-state index is 0.536. The van der Waals surface area contributed by atoms with Crippen molar-refractivity contribution in [3.8, 4) is 0 Å². The van der Waals surface area contributed by atoms with E-state index in [0.29, 0.717) is 4.68 Å². The normalized spacial score (nSPS) is 29.7. The van der Waals surface area contributed by atoms with Crippen LogP contribution in [-0.2, 0) is 19.0 Å². The Balaban J connectivity index is 2.19. The van der Waals surface area contributed by atoms with Crippen LogP contribution in [0.15, 0.2) is 15.8 Å². The average molecular weight is 323 g/mol. The molecule has 4 atom stereocenters. The van der Waals surface area contributed by atoms with Gasteiger partial charge in [0, 0.05) is 0 Å². The predicted molar refractivity (Wildman–Crippen MR) is 65.8 cm³/mol. The number of aromatic nitrogens is 3. The quantitative estimate of drug-likeness (QED) is 0.478. The number of H-pyrrole nitrogens is 1. The molecule has 0 bridgehead atoms. The minimum Gasteiger partial charge on any atom is -0.387 e. The van der Waals surface area contributed by atoms with E-state index in [1.54, 1.807) is 0 Å². The van der Waals surface area contributed by atoms with Crippen molar-refractivity contribution in [1.82, 2.24) is 14.8 Å². The van der Waals surface area contributed by atoms with Gasteiger partial charge in [-0.05, 0) is 0 Å². The number of ether oxygens (including phenoxy) is 1. The van der Waals surface area contributed by atoms with Crippen LogP contribution in [0.4, 0.5) is 0 Å². The molecule has 118 valence electrons. The third-order valence-electron chi connectivity index (χ3n) is 2.76. The number of aliphatic hydroxyl groups excluding tert-OH is 2. The van der Waals surface area contributed by atoms with Crippen LogP contribution in [0.1, 0.15) is 6.23 Å². The molecule has 2 rings (SSSR count). The van der Waals surface area contributed by atoms with E-state index < -0.39 is 52.5 Å². The molecular weight excluding hydrogens is 310 g/mol. The molecule has 0 aromatic carbocycles. The zero-order valence-corrected chi connectivity index (χ0v) is 11.6. The van der Waals surface area contributed by atoms with E-state index in [1.165, 1.54) is 0 Å². The van der Waals surface area contributed by atoms with Crippen molar-refractivity contribution in [1.29, 1.82) is 0 Å². The van der Waals surface area contributed by atoms with E-state index in [4.69, 9.17) is 4.74 Å². The summed E-state index contributed by atoms with van der Waals surface area (Å²) in [6.45, 7) is -0.536. The van der Waals surface area contributed by atoms with Gasteiger partial charge < -0.3 is 14.9 Å². The number of aliphatic hydroxyl groups is 2. The highest BCUT2D eigenvalue weighted by atomic mass is 32.2. The van der Waals surface area contributed by atoms with Crippen LogP contribution in [-0.4, -0.2) is 64.6 Å². The summed E-state index contributed by atoms with van der Waals surface area (Å²) in [5.41, 5.74) is -1.68. The standard InChI is InChI=1S/C9H13N3O8S/c1-21(17,18)19-3-4-6(14)7(15)8(20-4)12-9(16)11-5(13)2-10-12/h2,4,6-8,14-15H,3H2,1H3,(H,11,13,16)/t4-,6-,7-,8-/m1/s1. The molecule has 21 heavy (non-hydrogen) atoms. The Kier molecular flexibility index (Phi) is 4.25. The maximum atomic E-state index is 11.5. The Hall–Kier alpha value is -1.60. The Morgan fingerprint density at radius 3 is 2.67 bits per heavy atom. The SMILES string of the molecule is CS(=O)(=O)OC[C@H]1O[C@@H](n2ncc(=O)[nH]c2=O)[C@H](O)[C@@H]1O. The summed E-state index contributed by atoms with van der Waals surface area (Å²) < 4.78 is 32.1. The van der Waals surface area contributed by atoms with Gasteiger partial charge in [-0.1, -0.05) is 0 Å². The van der Waals surface area contributed by atoms with Crippen molar-refractivity contribution < 1.29 is 27.6 Å². The predicted octanol–water partition coefficient (Wildman–Crippen LogP) is -3.47. The second kappa shape index (κ2) is 5.65. The fraction of sp³-hybridized carbons (Fsp3) is 0.667. The van der Waals surface area contributed by atoms with Gasteiger partial charge in [-0.15, -0.1) is 0 Å². The van der Waals surface area contributed by atoms with Crippen LogP contribution in [0.5, 0.6) is 0 Å². The Morgan fingerprint density at radius 1 is 1.43 bits per heavy atom. The van der Waals surface area contributed by atoms with Gasteiger partial charge in [0.1, 0.15) is 24.5 Å². The summed E-state index contributed by atoms with van der Waals surface area (Å²) in [4.78, 5) is 24.4. The number of hydrogen-bond acceptors (Lipinski definition) is 9. The number of nitrogens with one attached hydrogen (secondary N) is 1. The molecule has 1 aliphatic rings. The maximum absolute atomic E-state index is 11.5. The Morgan fingerprint density at radius 2 is 2.10 bits per heavy atom. The molecule has 0 unspecified atom stereocenters. The summed E-state index contributed by atoms with van der Waals surface area (Å²) in [5.74, 6) is 0. The lowest BCUT2D eigenvalue weighted by Crippen LogP contribution is -2.39. The fourth-order valence-corrected chi connectivity index (χ4v) is 2.18. The van der Waals surface area contributed by atoms with Crippen molar-refractivity contribution in [3.05, 3.63) is 27.0 Å². The van der Waals surface area contributed by atoms with Gasteiger partial charge >= 0.3 is 5.69 Å². The highest BCUT2D eigenvalue weighted by Crippen LogP contribution is 2.27. The van der Waals surface area contributed by atoms with Crippen LogP contribution >= 0.6 is 0 Å². The maximum Gasteiger partial charge on any atom is 0.347 e. The Labute approximate surface area is 117 Å². The zero-order valence-electron chi connectivity index (χ0n) is 10.7. The minimum atomic E-state index is -3.75. The molecule has 3 N–H and O–H groups in total. The van der Waals surface area contributed by atoms with Gasteiger partial charge in [-0.3, -0.25) is 14.0 Å². The lowest BCUT2D eigenvalue weighted by Gasteiger charge is -2.14. The lowest BCUT2D eigenvalue weighted by molar-refractivity contribution is -0.0580. The largest absolute Gasteiger partial charge is 0.387 e. The summed E-state index contributed by atoms with van der Waals surface area (Å²) in [6, 6.07) is 0. The molecule has 11 nitrogen and oxygen atoms in total. The third-order valence-corrected chi connectivity index (χ3v) is 3.33. The monoisotopic (exact) mass is 323 g/mol. The van der Waals surface area contributed by atoms with Gasteiger partial charge in [0.15, 0.2) is 6.23 Å². The molecule has 1 fully saturated rings. The summed E-state index contributed by atoms with van der Waals surface area (Å²) in [6.07, 6.45) is -3.98. The average Bonchev–Trinajstić information content (AvgIpc) is 2.64. The van der Waals surface area contributed by atoms with E-state index in [1.807, 2.05) is 4.98 Å². The molecule has 1 aromatic rings. The second-order valence-corrected chi connectivity index (χ2v) is 6.06. The highest BCUT2D eigenvalue weighted by molar-refractivity contribution is 7.85. The highest BCUT2D eigenvalue weighted by Gasteiger charge is 2.45. The molecule has 12 heteroatoms. The molecule has 0 amide bonds. The van der Waals surface area contributed by atoms with Crippen molar-refractivity contribution >= 4 is 10.1 Å². The number of hydrogen-bond donors (Lipinski definition) is 3. The van der Waals surface area contributed by atoms with Gasteiger partial charge in [0.2, 0.25) is 0 Å². The van der Waals surface area contributed by atoms with Crippen LogP contribution in [0.2, 0.25) is 0 Å². The first-order chi connectivity index (χ1) is 9.69. The fourth-order valence-electron chi connectivity index (χ4n) is 1.80. The van der Waals surface area contributed by atoms with E-state index in [-0.39, 0.29) is 0 Å². The van der Waals surface area contributed by atoms with Gasteiger partial charge in [-0.25, -0.2) is 4.79 Å². The molecule has 0 spiro atoms. The third kappa shape index (κ3) is 3.54. The van der Waals surface area contributed by atoms with Crippen LogP contribution in [0.25, 0.3) is 0 Å². The smallest absolute Gasteiger partial charge is 0.347 e. The summed E-state index contributed by atoms with van der Waals surface area (Å²) in [5, 5.41) is 23.1. The van der Waals surface area contributed by atoms with Crippen LogP contribution < -0.4 is 11.2 Å². The molecule has 0 saturated carbocycles. The van der Waals surface area contributed by atoms with Crippen molar-refractivity contribution in [2.75, 3.05) is 12.9 Å². The summed E-state index contributed by atoms with van der Waals surface area (Å²) in [7, 11) is -3.75. The molecule has 1 aliphatic heterocycles. The first-order valence-electron chi connectivity index (χ1n) is 5.73. The van der Waals surface area contributed by atoms with E-state index in [9.17, 15) is 28.2 Å². The van der Waals surface area contributed by atoms with Crippen LogP contribution in [0, 0.1) is 0 Å².